The Balaban J connectivity index is 2.22. The number of allylic oxidation sites excluding steroid dienone is 1. The SMILES string of the molecule is C1=Cc2c3c(ccc2=C1)=Nc1cnccc1-3. The van der Waals surface area contributed by atoms with Crippen molar-refractivity contribution >= 4 is 17.8 Å². The van der Waals surface area contributed by atoms with Crippen LogP contribution in [0.5, 0.6) is 0 Å². The molecule has 0 radical (unpaired) electrons. The van der Waals surface area contributed by atoms with Gasteiger partial charge in [0.1, 0.15) is 0 Å². The molecule has 2 heterocycles. The number of hydrogen-bond acceptors (Lipinski definition) is 2. The molecular weight excluding hydrogens is 196 g/mol. The molecule has 74 valence electrons. The summed E-state index contributed by atoms with van der Waals surface area (Å²) in [5, 5.41) is 2.33. The lowest BCUT2D eigenvalue weighted by Crippen LogP contribution is -2.12. The molecule has 2 aliphatic rings. The van der Waals surface area contributed by atoms with Crippen LogP contribution in [0.15, 0.2) is 41.7 Å². The van der Waals surface area contributed by atoms with E-state index >= 15 is 0 Å². The summed E-state index contributed by atoms with van der Waals surface area (Å²) in [6.07, 6.45) is 10.0. The molecule has 2 heteroatoms. The van der Waals surface area contributed by atoms with Gasteiger partial charge in [0, 0.05) is 17.3 Å². The lowest BCUT2D eigenvalue weighted by Gasteiger charge is -2.02. The Kier molecular flexibility index (Phi) is 1.33. The molecule has 0 saturated heterocycles. The normalized spacial score (nSPS) is 13.8. The molecule has 0 unspecified atom stereocenters. The van der Waals surface area contributed by atoms with Gasteiger partial charge < -0.3 is 0 Å². The Morgan fingerprint density at radius 1 is 1.06 bits per heavy atom. The number of nitrogens with zero attached hydrogens (tertiary/aromatic N) is 2. The molecule has 0 bridgehead atoms. The van der Waals surface area contributed by atoms with Crippen molar-refractivity contribution in [1.82, 2.24) is 4.98 Å². The van der Waals surface area contributed by atoms with E-state index in [4.69, 9.17) is 0 Å². The van der Waals surface area contributed by atoms with Crippen molar-refractivity contribution in [2.75, 3.05) is 0 Å². The Morgan fingerprint density at radius 2 is 2.06 bits per heavy atom. The van der Waals surface area contributed by atoms with Crippen molar-refractivity contribution < 1.29 is 0 Å². The van der Waals surface area contributed by atoms with Gasteiger partial charge in [-0.25, -0.2) is 4.99 Å². The third-order valence-electron chi connectivity index (χ3n) is 3.11. The van der Waals surface area contributed by atoms with Crippen LogP contribution in [0.2, 0.25) is 0 Å². The minimum atomic E-state index is 0.978. The number of fused-ring (bicyclic) bond motifs is 5. The second kappa shape index (κ2) is 2.67. The fourth-order valence-electron chi connectivity index (χ4n) is 2.39. The van der Waals surface area contributed by atoms with E-state index in [-0.39, 0.29) is 0 Å². The van der Waals surface area contributed by atoms with Crippen molar-refractivity contribution in [2.45, 2.75) is 0 Å². The summed E-state index contributed by atoms with van der Waals surface area (Å²) in [5.74, 6) is 0. The topological polar surface area (TPSA) is 25.2 Å². The van der Waals surface area contributed by atoms with Crippen LogP contribution >= 0.6 is 0 Å². The number of pyridine rings is 1. The fourth-order valence-corrected chi connectivity index (χ4v) is 2.39. The first kappa shape index (κ1) is 7.99. The van der Waals surface area contributed by atoms with Crippen molar-refractivity contribution in [1.29, 1.82) is 0 Å². The van der Waals surface area contributed by atoms with Crippen LogP contribution in [0, 0.1) is 0 Å². The second-order valence-corrected chi connectivity index (χ2v) is 3.99. The molecule has 0 saturated carbocycles. The quantitative estimate of drug-likeness (QED) is 0.548. The van der Waals surface area contributed by atoms with Crippen LogP contribution in [-0.4, -0.2) is 4.98 Å². The van der Waals surface area contributed by atoms with Crippen LogP contribution in [0.1, 0.15) is 5.56 Å². The number of benzene rings is 1. The maximum Gasteiger partial charge on any atom is 0.0899 e. The Labute approximate surface area is 92.3 Å². The predicted molar refractivity (Wildman–Crippen MR) is 63.6 cm³/mol. The smallest absolute Gasteiger partial charge is 0.0899 e. The summed E-state index contributed by atoms with van der Waals surface area (Å²) in [6.45, 7) is 0. The zero-order valence-corrected chi connectivity index (χ0v) is 8.51. The zero-order chi connectivity index (χ0) is 10.5. The van der Waals surface area contributed by atoms with E-state index < -0.39 is 0 Å². The molecule has 16 heavy (non-hydrogen) atoms. The van der Waals surface area contributed by atoms with E-state index in [0.717, 1.165) is 11.0 Å². The van der Waals surface area contributed by atoms with Crippen molar-refractivity contribution in [3.63, 3.8) is 0 Å². The lowest BCUT2D eigenvalue weighted by atomic mass is 10.0. The highest BCUT2D eigenvalue weighted by Crippen LogP contribution is 2.33. The Morgan fingerprint density at radius 3 is 3.06 bits per heavy atom. The first-order valence-electron chi connectivity index (χ1n) is 5.28. The monoisotopic (exact) mass is 204 g/mol. The van der Waals surface area contributed by atoms with Gasteiger partial charge in [0.15, 0.2) is 0 Å². The molecule has 1 aromatic carbocycles. The largest absolute Gasteiger partial charge is 0.262 e. The highest BCUT2D eigenvalue weighted by molar-refractivity contribution is 5.87. The minimum Gasteiger partial charge on any atom is -0.262 e. The molecule has 1 aromatic heterocycles. The maximum atomic E-state index is 4.58. The van der Waals surface area contributed by atoms with Gasteiger partial charge in [0.05, 0.1) is 17.2 Å². The van der Waals surface area contributed by atoms with E-state index in [9.17, 15) is 0 Å². The standard InChI is InChI=1S/C14H8N2/c1-2-9-4-5-12-14(10(9)3-1)11-6-7-15-8-13(11)16-12/h1-8H. The van der Waals surface area contributed by atoms with Gasteiger partial charge in [-0.05, 0) is 22.9 Å². The molecule has 0 atom stereocenters. The number of rotatable bonds is 0. The van der Waals surface area contributed by atoms with Gasteiger partial charge >= 0.3 is 0 Å². The lowest BCUT2D eigenvalue weighted by molar-refractivity contribution is 1.30. The molecule has 0 amide bonds. The molecule has 4 rings (SSSR count). The van der Waals surface area contributed by atoms with Gasteiger partial charge in [0.2, 0.25) is 0 Å². The highest BCUT2D eigenvalue weighted by Gasteiger charge is 2.17. The van der Waals surface area contributed by atoms with Crippen LogP contribution < -0.4 is 10.6 Å². The van der Waals surface area contributed by atoms with Crippen LogP contribution in [0.25, 0.3) is 23.3 Å². The Hall–Kier alpha value is -2.22. The van der Waals surface area contributed by atoms with E-state index in [0.29, 0.717) is 0 Å². The fraction of sp³-hybridized carbons (Fsp3) is 0. The summed E-state index contributed by atoms with van der Waals surface area (Å²) in [7, 11) is 0. The van der Waals surface area contributed by atoms with Gasteiger partial charge in [-0.2, -0.15) is 0 Å². The summed E-state index contributed by atoms with van der Waals surface area (Å²) in [6, 6.07) is 6.24. The molecule has 2 aromatic rings. The van der Waals surface area contributed by atoms with E-state index in [1.165, 1.54) is 21.9 Å². The van der Waals surface area contributed by atoms with Crippen molar-refractivity contribution in [3.05, 3.63) is 52.8 Å². The molecule has 1 aliphatic carbocycles. The average Bonchev–Trinajstić information content (AvgIpc) is 2.91. The highest BCUT2D eigenvalue weighted by atomic mass is 14.8. The second-order valence-electron chi connectivity index (χ2n) is 3.99. The zero-order valence-electron chi connectivity index (χ0n) is 8.51. The summed E-state index contributed by atoms with van der Waals surface area (Å²) in [5.41, 5.74) is 4.71. The van der Waals surface area contributed by atoms with Gasteiger partial charge in [0.25, 0.3) is 0 Å². The predicted octanol–water partition coefficient (Wildman–Crippen LogP) is 1.82. The molecule has 0 spiro atoms. The number of aromatic nitrogens is 1. The summed E-state index contributed by atoms with van der Waals surface area (Å²) in [4.78, 5) is 8.70. The molecule has 1 aliphatic heterocycles. The summed E-state index contributed by atoms with van der Waals surface area (Å²) >= 11 is 0. The average molecular weight is 204 g/mol. The van der Waals surface area contributed by atoms with Crippen LogP contribution in [0.4, 0.5) is 5.69 Å². The van der Waals surface area contributed by atoms with Gasteiger partial charge in [-0.15, -0.1) is 0 Å². The third-order valence-corrected chi connectivity index (χ3v) is 3.11. The molecule has 2 nitrogen and oxygen atoms in total. The van der Waals surface area contributed by atoms with Gasteiger partial charge in [-0.1, -0.05) is 24.3 Å². The molecular formula is C14H8N2. The minimum absolute atomic E-state index is 0.978. The number of hydrogen-bond donors (Lipinski definition) is 0. The van der Waals surface area contributed by atoms with Crippen molar-refractivity contribution in [3.8, 4) is 11.1 Å². The molecule has 0 fully saturated rings. The van der Waals surface area contributed by atoms with Gasteiger partial charge in [-0.3, -0.25) is 4.98 Å². The first-order chi connectivity index (χ1) is 7.93. The third kappa shape index (κ3) is 0.865. The van der Waals surface area contributed by atoms with E-state index in [2.05, 4.69) is 40.3 Å². The van der Waals surface area contributed by atoms with E-state index in [1.807, 2.05) is 18.5 Å². The molecule has 0 N–H and O–H groups in total. The van der Waals surface area contributed by atoms with Crippen LogP contribution in [0.3, 0.4) is 0 Å². The van der Waals surface area contributed by atoms with Crippen molar-refractivity contribution in [2.24, 2.45) is 4.99 Å². The maximum absolute atomic E-state index is 4.58. The van der Waals surface area contributed by atoms with Crippen LogP contribution in [-0.2, 0) is 0 Å². The summed E-state index contributed by atoms with van der Waals surface area (Å²) < 4.78 is 0. The van der Waals surface area contributed by atoms with E-state index in [1.54, 1.807) is 0 Å². The first-order valence-corrected chi connectivity index (χ1v) is 5.28. The Bertz CT molecular complexity index is 755.